The Hall–Kier alpha value is -1.96. The first-order valence-corrected chi connectivity index (χ1v) is 8.73. The standard InChI is InChI=1S/C18H26F3N3O2/c1-3-22-17(24(2)11-15-7-8-25-12-15)23-10-14-5-4-6-16(9-14)26-13-18(19,20)21/h4-6,9,15H,3,7-8,10-13H2,1-2H3,(H,22,23). The second kappa shape index (κ2) is 9.66. The highest BCUT2D eigenvalue weighted by Gasteiger charge is 2.28. The molecule has 1 N–H and O–H groups in total. The summed E-state index contributed by atoms with van der Waals surface area (Å²) in [5.41, 5.74) is 0.790. The number of alkyl halides is 3. The van der Waals surface area contributed by atoms with E-state index in [0.717, 1.165) is 44.2 Å². The molecule has 1 unspecified atom stereocenters. The third-order valence-electron chi connectivity index (χ3n) is 3.96. The van der Waals surface area contributed by atoms with Crippen LogP contribution in [0.3, 0.4) is 0 Å². The maximum Gasteiger partial charge on any atom is 0.422 e. The summed E-state index contributed by atoms with van der Waals surface area (Å²) < 4.78 is 47.0. The Morgan fingerprint density at radius 2 is 2.23 bits per heavy atom. The van der Waals surface area contributed by atoms with Crippen LogP contribution in [0.25, 0.3) is 0 Å². The lowest BCUT2D eigenvalue weighted by molar-refractivity contribution is -0.153. The van der Waals surface area contributed by atoms with Gasteiger partial charge in [0.15, 0.2) is 12.6 Å². The zero-order valence-electron chi connectivity index (χ0n) is 15.2. The van der Waals surface area contributed by atoms with Crippen LogP contribution in [0.4, 0.5) is 13.2 Å². The summed E-state index contributed by atoms with van der Waals surface area (Å²) in [4.78, 5) is 6.65. The molecule has 0 spiro atoms. The summed E-state index contributed by atoms with van der Waals surface area (Å²) >= 11 is 0. The molecule has 0 saturated carbocycles. The first kappa shape index (κ1) is 20.4. The summed E-state index contributed by atoms with van der Waals surface area (Å²) in [6.45, 7) is 4.21. The van der Waals surface area contributed by atoms with Gasteiger partial charge in [-0.05, 0) is 31.0 Å². The summed E-state index contributed by atoms with van der Waals surface area (Å²) in [5.74, 6) is 1.44. The predicted octanol–water partition coefficient (Wildman–Crippen LogP) is 3.06. The summed E-state index contributed by atoms with van der Waals surface area (Å²) in [6, 6.07) is 6.58. The Morgan fingerprint density at radius 3 is 2.88 bits per heavy atom. The van der Waals surface area contributed by atoms with Crippen molar-refractivity contribution < 1.29 is 22.6 Å². The van der Waals surface area contributed by atoms with Crippen molar-refractivity contribution in [2.24, 2.45) is 10.9 Å². The van der Waals surface area contributed by atoms with E-state index >= 15 is 0 Å². The number of halogens is 3. The van der Waals surface area contributed by atoms with Gasteiger partial charge in [-0.15, -0.1) is 0 Å². The fraction of sp³-hybridized carbons (Fsp3) is 0.611. The highest BCUT2D eigenvalue weighted by Crippen LogP contribution is 2.20. The van der Waals surface area contributed by atoms with E-state index in [1.807, 2.05) is 20.0 Å². The van der Waals surface area contributed by atoms with E-state index in [2.05, 4.69) is 15.2 Å². The molecule has 2 rings (SSSR count). The SMILES string of the molecule is CCNC(=NCc1cccc(OCC(F)(F)F)c1)N(C)CC1CCOC1. The molecule has 1 aromatic rings. The summed E-state index contributed by atoms with van der Waals surface area (Å²) in [6.07, 6.45) is -3.30. The molecular formula is C18H26F3N3O2. The molecule has 146 valence electrons. The molecule has 0 bridgehead atoms. The molecule has 26 heavy (non-hydrogen) atoms. The molecule has 0 aliphatic carbocycles. The van der Waals surface area contributed by atoms with Crippen LogP contribution in [0.15, 0.2) is 29.3 Å². The smallest absolute Gasteiger partial charge is 0.422 e. The van der Waals surface area contributed by atoms with E-state index < -0.39 is 12.8 Å². The number of nitrogens with zero attached hydrogens (tertiary/aromatic N) is 2. The largest absolute Gasteiger partial charge is 0.484 e. The minimum absolute atomic E-state index is 0.191. The maximum absolute atomic E-state index is 12.3. The number of benzene rings is 1. The Balaban J connectivity index is 1.97. The molecule has 0 amide bonds. The van der Waals surface area contributed by atoms with Gasteiger partial charge in [-0.2, -0.15) is 13.2 Å². The number of hydrogen-bond donors (Lipinski definition) is 1. The van der Waals surface area contributed by atoms with Crippen molar-refractivity contribution in [2.45, 2.75) is 26.1 Å². The highest BCUT2D eigenvalue weighted by molar-refractivity contribution is 5.79. The molecule has 1 atom stereocenters. The quantitative estimate of drug-likeness (QED) is 0.589. The van der Waals surface area contributed by atoms with Crippen LogP contribution in [-0.4, -0.2) is 57.0 Å². The van der Waals surface area contributed by atoms with E-state index in [-0.39, 0.29) is 5.75 Å². The Bertz CT molecular complexity index is 587. The summed E-state index contributed by atoms with van der Waals surface area (Å²) in [7, 11) is 1.97. The zero-order chi connectivity index (χ0) is 19.0. The third kappa shape index (κ3) is 7.11. The molecule has 0 radical (unpaired) electrons. The number of guanidine groups is 1. The second-order valence-electron chi connectivity index (χ2n) is 6.33. The number of hydrogen-bond acceptors (Lipinski definition) is 3. The van der Waals surface area contributed by atoms with Crippen molar-refractivity contribution in [3.63, 3.8) is 0 Å². The van der Waals surface area contributed by atoms with Crippen LogP contribution in [0.5, 0.6) is 5.75 Å². The van der Waals surface area contributed by atoms with E-state index in [1.165, 1.54) is 6.07 Å². The molecule has 8 heteroatoms. The van der Waals surface area contributed by atoms with E-state index in [1.54, 1.807) is 12.1 Å². The van der Waals surface area contributed by atoms with Crippen LogP contribution in [0.2, 0.25) is 0 Å². The fourth-order valence-corrected chi connectivity index (χ4v) is 2.74. The van der Waals surface area contributed by atoms with Crippen molar-refractivity contribution in [2.75, 3.05) is 40.0 Å². The van der Waals surface area contributed by atoms with Gasteiger partial charge in [-0.1, -0.05) is 12.1 Å². The van der Waals surface area contributed by atoms with Crippen LogP contribution < -0.4 is 10.1 Å². The molecule has 1 heterocycles. The van der Waals surface area contributed by atoms with Gasteiger partial charge >= 0.3 is 6.18 Å². The van der Waals surface area contributed by atoms with Crippen molar-refractivity contribution in [1.29, 1.82) is 0 Å². The van der Waals surface area contributed by atoms with Gasteiger partial charge in [-0.25, -0.2) is 4.99 Å². The normalized spacial score (nSPS) is 18.0. The zero-order valence-corrected chi connectivity index (χ0v) is 15.2. The van der Waals surface area contributed by atoms with Crippen molar-refractivity contribution in [3.8, 4) is 5.75 Å². The average Bonchev–Trinajstić information content (AvgIpc) is 3.09. The molecule has 1 aliphatic rings. The molecule has 1 saturated heterocycles. The maximum atomic E-state index is 12.3. The van der Waals surface area contributed by atoms with Crippen LogP contribution >= 0.6 is 0 Å². The van der Waals surface area contributed by atoms with Crippen molar-refractivity contribution in [3.05, 3.63) is 29.8 Å². The Kier molecular flexibility index (Phi) is 7.56. The number of ether oxygens (including phenoxy) is 2. The van der Waals surface area contributed by atoms with Crippen molar-refractivity contribution >= 4 is 5.96 Å². The van der Waals surface area contributed by atoms with Gasteiger partial charge in [0.2, 0.25) is 0 Å². The molecule has 5 nitrogen and oxygen atoms in total. The van der Waals surface area contributed by atoms with Gasteiger partial charge in [-0.3, -0.25) is 0 Å². The van der Waals surface area contributed by atoms with Crippen LogP contribution in [0, 0.1) is 5.92 Å². The number of aliphatic imine (C=N–C) groups is 1. The van der Waals surface area contributed by atoms with E-state index in [9.17, 15) is 13.2 Å². The van der Waals surface area contributed by atoms with Crippen LogP contribution in [0.1, 0.15) is 18.9 Å². The second-order valence-corrected chi connectivity index (χ2v) is 6.33. The van der Waals surface area contributed by atoms with Gasteiger partial charge < -0.3 is 19.7 Å². The fourth-order valence-electron chi connectivity index (χ4n) is 2.74. The van der Waals surface area contributed by atoms with E-state index in [4.69, 9.17) is 9.47 Å². The third-order valence-corrected chi connectivity index (χ3v) is 3.96. The van der Waals surface area contributed by atoms with Crippen LogP contribution in [-0.2, 0) is 11.3 Å². The minimum Gasteiger partial charge on any atom is -0.484 e. The molecule has 0 aromatic heterocycles. The lowest BCUT2D eigenvalue weighted by atomic mass is 10.1. The van der Waals surface area contributed by atoms with E-state index in [0.29, 0.717) is 12.5 Å². The summed E-state index contributed by atoms with van der Waals surface area (Å²) in [5, 5.41) is 3.24. The topological polar surface area (TPSA) is 46.1 Å². The Morgan fingerprint density at radius 1 is 1.42 bits per heavy atom. The molecular weight excluding hydrogens is 347 g/mol. The predicted molar refractivity (Wildman–Crippen MR) is 94.4 cm³/mol. The van der Waals surface area contributed by atoms with Gasteiger partial charge in [0.25, 0.3) is 0 Å². The lowest BCUT2D eigenvalue weighted by Gasteiger charge is -2.24. The highest BCUT2D eigenvalue weighted by atomic mass is 19.4. The van der Waals surface area contributed by atoms with Gasteiger partial charge in [0, 0.05) is 32.7 Å². The first-order chi connectivity index (χ1) is 12.4. The molecule has 1 aromatic carbocycles. The first-order valence-electron chi connectivity index (χ1n) is 8.73. The number of nitrogens with one attached hydrogen (secondary N) is 1. The number of rotatable bonds is 7. The molecule has 1 fully saturated rings. The van der Waals surface area contributed by atoms with Crippen molar-refractivity contribution in [1.82, 2.24) is 10.2 Å². The van der Waals surface area contributed by atoms with Gasteiger partial charge in [0.1, 0.15) is 5.75 Å². The Labute approximate surface area is 152 Å². The van der Waals surface area contributed by atoms with Gasteiger partial charge in [0.05, 0.1) is 13.2 Å². The minimum atomic E-state index is -4.35. The molecule has 1 aliphatic heterocycles. The lowest BCUT2D eigenvalue weighted by Crippen LogP contribution is -2.41. The monoisotopic (exact) mass is 373 g/mol. The average molecular weight is 373 g/mol.